The quantitative estimate of drug-likeness (QED) is 0.904. The Kier molecular flexibility index (Phi) is 3.44. The van der Waals surface area contributed by atoms with Crippen LogP contribution in [0.5, 0.6) is 5.75 Å². The van der Waals surface area contributed by atoms with Gasteiger partial charge in [0.15, 0.2) is 5.82 Å². The van der Waals surface area contributed by atoms with Crippen LogP contribution >= 0.6 is 0 Å². The van der Waals surface area contributed by atoms with Crippen molar-refractivity contribution in [3.05, 3.63) is 41.5 Å². The van der Waals surface area contributed by atoms with Gasteiger partial charge in [0.25, 0.3) is 0 Å². The highest BCUT2D eigenvalue weighted by atomic mass is 16.5. The van der Waals surface area contributed by atoms with Gasteiger partial charge in [-0.05, 0) is 37.0 Å². The van der Waals surface area contributed by atoms with Gasteiger partial charge < -0.3 is 14.4 Å². The predicted molar refractivity (Wildman–Crippen MR) is 72.6 cm³/mol. The molecule has 0 atom stereocenters. The molecule has 0 bridgehead atoms. The van der Waals surface area contributed by atoms with E-state index < -0.39 is 5.60 Å². The lowest BCUT2D eigenvalue weighted by molar-refractivity contribution is -0.0378. The molecule has 0 radical (unpaired) electrons. The Labute approximate surface area is 117 Å². The topological polar surface area (TPSA) is 68.4 Å². The van der Waals surface area contributed by atoms with Gasteiger partial charge in [0, 0.05) is 6.42 Å². The summed E-state index contributed by atoms with van der Waals surface area (Å²) in [6.07, 6.45) is 3.80. The Morgan fingerprint density at radius 1 is 1.30 bits per heavy atom. The Morgan fingerprint density at radius 2 is 2.05 bits per heavy atom. The van der Waals surface area contributed by atoms with E-state index in [0.717, 1.165) is 30.6 Å². The van der Waals surface area contributed by atoms with Crippen molar-refractivity contribution in [2.75, 3.05) is 7.11 Å². The Hall–Kier alpha value is -1.88. The van der Waals surface area contributed by atoms with Crippen molar-refractivity contribution in [3.63, 3.8) is 0 Å². The van der Waals surface area contributed by atoms with Gasteiger partial charge in [0.1, 0.15) is 5.75 Å². The van der Waals surface area contributed by atoms with Crippen molar-refractivity contribution in [2.45, 2.75) is 37.7 Å². The number of aromatic nitrogens is 2. The minimum Gasteiger partial charge on any atom is -0.497 e. The summed E-state index contributed by atoms with van der Waals surface area (Å²) in [5.74, 6) is 2.00. The molecule has 0 aliphatic heterocycles. The number of methoxy groups -OCH3 is 1. The molecule has 5 heteroatoms. The molecule has 1 N–H and O–H groups in total. The highest BCUT2D eigenvalue weighted by Crippen LogP contribution is 2.34. The fraction of sp³-hybridized carbons (Fsp3) is 0.467. The molecule has 1 aromatic carbocycles. The first-order valence-electron chi connectivity index (χ1n) is 6.84. The maximum Gasteiger partial charge on any atom is 0.229 e. The second-order valence-corrected chi connectivity index (χ2v) is 5.38. The van der Waals surface area contributed by atoms with Gasteiger partial charge in [-0.25, -0.2) is 0 Å². The number of nitrogens with zero attached hydrogens (tertiary/aromatic N) is 2. The van der Waals surface area contributed by atoms with E-state index in [4.69, 9.17) is 9.26 Å². The van der Waals surface area contributed by atoms with Crippen LogP contribution in [0.1, 0.15) is 36.5 Å². The summed E-state index contributed by atoms with van der Waals surface area (Å²) in [5.41, 5.74) is 0.477. The number of aliphatic hydroxyl groups is 1. The molecule has 0 amide bonds. The molecule has 1 fully saturated rings. The molecule has 1 aromatic heterocycles. The van der Waals surface area contributed by atoms with Gasteiger partial charge in [-0.1, -0.05) is 17.3 Å². The van der Waals surface area contributed by atoms with E-state index in [1.807, 2.05) is 24.3 Å². The summed E-state index contributed by atoms with van der Waals surface area (Å²) in [4.78, 5) is 4.35. The van der Waals surface area contributed by atoms with Crippen LogP contribution in [0.2, 0.25) is 0 Å². The molecule has 3 rings (SSSR count). The van der Waals surface area contributed by atoms with Crippen LogP contribution < -0.4 is 4.74 Å². The normalized spacial score (nSPS) is 16.7. The van der Waals surface area contributed by atoms with Gasteiger partial charge in [-0.15, -0.1) is 0 Å². The lowest BCUT2D eigenvalue weighted by Crippen LogP contribution is -2.39. The van der Waals surface area contributed by atoms with Crippen molar-refractivity contribution in [1.82, 2.24) is 10.1 Å². The third-order valence-corrected chi connectivity index (χ3v) is 3.80. The Morgan fingerprint density at radius 3 is 2.65 bits per heavy atom. The van der Waals surface area contributed by atoms with E-state index in [9.17, 15) is 5.11 Å². The molecule has 0 unspecified atom stereocenters. The second-order valence-electron chi connectivity index (χ2n) is 5.38. The van der Waals surface area contributed by atoms with Crippen molar-refractivity contribution >= 4 is 0 Å². The van der Waals surface area contributed by atoms with Gasteiger partial charge in [-0.3, -0.25) is 0 Å². The highest BCUT2D eigenvalue weighted by molar-refractivity contribution is 5.28. The van der Waals surface area contributed by atoms with Crippen molar-refractivity contribution in [2.24, 2.45) is 0 Å². The van der Waals surface area contributed by atoms with Gasteiger partial charge in [0.2, 0.25) is 5.89 Å². The molecule has 1 aliphatic rings. The lowest BCUT2D eigenvalue weighted by Gasteiger charge is -2.35. The monoisotopic (exact) mass is 274 g/mol. The average molecular weight is 274 g/mol. The van der Waals surface area contributed by atoms with E-state index in [0.29, 0.717) is 24.6 Å². The molecule has 106 valence electrons. The van der Waals surface area contributed by atoms with E-state index in [1.165, 1.54) is 0 Å². The summed E-state index contributed by atoms with van der Waals surface area (Å²) in [6, 6.07) is 7.78. The average Bonchev–Trinajstić information content (AvgIpc) is 2.85. The Bertz CT molecular complexity index is 573. The second kappa shape index (κ2) is 5.25. The van der Waals surface area contributed by atoms with Gasteiger partial charge >= 0.3 is 0 Å². The van der Waals surface area contributed by atoms with Crippen LogP contribution in [0.15, 0.2) is 28.8 Å². The molecule has 5 nitrogen and oxygen atoms in total. The highest BCUT2D eigenvalue weighted by Gasteiger charge is 2.36. The number of ether oxygens (including phenoxy) is 1. The van der Waals surface area contributed by atoms with Crippen molar-refractivity contribution < 1.29 is 14.4 Å². The van der Waals surface area contributed by atoms with Crippen LogP contribution in [0.3, 0.4) is 0 Å². The molecule has 20 heavy (non-hydrogen) atoms. The lowest BCUT2D eigenvalue weighted by atomic mass is 9.78. The molecule has 0 saturated heterocycles. The van der Waals surface area contributed by atoms with E-state index in [1.54, 1.807) is 7.11 Å². The fourth-order valence-corrected chi connectivity index (χ4v) is 2.40. The smallest absolute Gasteiger partial charge is 0.229 e. The summed E-state index contributed by atoms with van der Waals surface area (Å²) in [5, 5.41) is 14.0. The van der Waals surface area contributed by atoms with E-state index in [2.05, 4.69) is 10.1 Å². The van der Waals surface area contributed by atoms with Crippen LogP contribution in [-0.2, 0) is 12.8 Å². The predicted octanol–water partition coefficient (Wildman–Crippen LogP) is 2.13. The maximum atomic E-state index is 10.1. The maximum absolute atomic E-state index is 10.1. The summed E-state index contributed by atoms with van der Waals surface area (Å²) < 4.78 is 10.3. The van der Waals surface area contributed by atoms with Crippen LogP contribution in [-0.4, -0.2) is 28.0 Å². The number of benzene rings is 1. The van der Waals surface area contributed by atoms with Gasteiger partial charge in [-0.2, -0.15) is 4.98 Å². The standard InChI is InChI=1S/C15H18N2O3/c1-19-12-5-3-11(4-6-12)9-13-16-14(20-17-13)10-15(18)7-2-8-15/h3-6,18H,2,7-10H2,1H3. The molecular weight excluding hydrogens is 256 g/mol. The first-order valence-corrected chi connectivity index (χ1v) is 6.84. The third-order valence-electron chi connectivity index (χ3n) is 3.80. The minimum absolute atomic E-state index is 0.461. The molecule has 1 aliphatic carbocycles. The Balaban J connectivity index is 1.64. The first-order chi connectivity index (χ1) is 9.67. The minimum atomic E-state index is -0.621. The third kappa shape index (κ3) is 2.82. The summed E-state index contributed by atoms with van der Waals surface area (Å²) in [7, 11) is 1.64. The largest absolute Gasteiger partial charge is 0.497 e. The van der Waals surface area contributed by atoms with Crippen molar-refractivity contribution in [1.29, 1.82) is 0 Å². The SMILES string of the molecule is COc1ccc(Cc2noc(CC3(O)CCC3)n2)cc1. The molecule has 0 spiro atoms. The number of hydrogen-bond acceptors (Lipinski definition) is 5. The van der Waals surface area contributed by atoms with E-state index >= 15 is 0 Å². The molecule has 1 saturated carbocycles. The van der Waals surface area contributed by atoms with Crippen LogP contribution in [0.25, 0.3) is 0 Å². The molecule has 2 aromatic rings. The molecule has 1 heterocycles. The number of hydrogen-bond donors (Lipinski definition) is 1. The van der Waals surface area contributed by atoms with Gasteiger partial charge in [0.05, 0.1) is 19.1 Å². The van der Waals surface area contributed by atoms with Crippen LogP contribution in [0.4, 0.5) is 0 Å². The zero-order valence-corrected chi connectivity index (χ0v) is 11.5. The first kappa shape index (κ1) is 13.1. The number of rotatable bonds is 5. The molecular formula is C15H18N2O3. The van der Waals surface area contributed by atoms with Crippen molar-refractivity contribution in [3.8, 4) is 5.75 Å². The zero-order chi connectivity index (χ0) is 14.0. The van der Waals surface area contributed by atoms with Crippen LogP contribution in [0, 0.1) is 0 Å². The van der Waals surface area contributed by atoms with E-state index in [-0.39, 0.29) is 0 Å². The summed E-state index contributed by atoms with van der Waals surface area (Å²) >= 11 is 0. The zero-order valence-electron chi connectivity index (χ0n) is 11.5. The fourth-order valence-electron chi connectivity index (χ4n) is 2.40. The summed E-state index contributed by atoms with van der Waals surface area (Å²) in [6.45, 7) is 0.